The average molecular weight is 306 g/mol. The number of carbonyl (C=O) groups is 1. The second-order valence-corrected chi connectivity index (χ2v) is 5.00. The van der Waals surface area contributed by atoms with E-state index in [1.165, 1.54) is 0 Å². The van der Waals surface area contributed by atoms with Crippen molar-refractivity contribution >= 4 is 17.6 Å². The number of nitrogens with two attached hydrogens (primary N) is 1. The largest absolute Gasteiger partial charge is 0.487 e. The summed E-state index contributed by atoms with van der Waals surface area (Å²) in [5, 5.41) is 9.38. The number of halogens is 1. The van der Waals surface area contributed by atoms with E-state index in [0.717, 1.165) is 17.5 Å². The third-order valence-corrected chi connectivity index (χ3v) is 3.32. The molecule has 3 N–H and O–H groups in total. The summed E-state index contributed by atoms with van der Waals surface area (Å²) in [5.41, 5.74) is 7.70. The summed E-state index contributed by atoms with van der Waals surface area (Å²) in [7, 11) is 0. The van der Waals surface area contributed by atoms with Gasteiger partial charge in [-0.3, -0.25) is 0 Å². The van der Waals surface area contributed by atoms with E-state index >= 15 is 0 Å². The Morgan fingerprint density at radius 2 is 1.81 bits per heavy atom. The van der Waals surface area contributed by atoms with Crippen LogP contribution in [0.15, 0.2) is 42.5 Å². The standard InChI is InChI=1S/C16H16ClNO3/c17-14-9-11(7-8-18)3-6-15(14)21-10-12-1-4-13(5-2-12)16(19)20/h1-6,9H,7-8,10,18H2,(H,19,20). The number of rotatable bonds is 6. The minimum absolute atomic E-state index is 0.253. The highest BCUT2D eigenvalue weighted by Gasteiger charge is 2.05. The molecule has 4 nitrogen and oxygen atoms in total. The number of benzene rings is 2. The highest BCUT2D eigenvalue weighted by molar-refractivity contribution is 6.32. The fourth-order valence-electron chi connectivity index (χ4n) is 1.89. The van der Waals surface area contributed by atoms with Crippen LogP contribution in [0.1, 0.15) is 21.5 Å². The Kier molecular flexibility index (Phi) is 5.20. The zero-order valence-electron chi connectivity index (χ0n) is 11.4. The van der Waals surface area contributed by atoms with Crippen LogP contribution in [-0.2, 0) is 13.0 Å². The van der Waals surface area contributed by atoms with Gasteiger partial charge in [-0.05, 0) is 48.4 Å². The van der Waals surface area contributed by atoms with Gasteiger partial charge in [0.1, 0.15) is 12.4 Å². The van der Waals surface area contributed by atoms with Crippen molar-refractivity contribution in [2.24, 2.45) is 5.73 Å². The second-order valence-electron chi connectivity index (χ2n) is 4.59. The molecule has 2 rings (SSSR count). The van der Waals surface area contributed by atoms with Gasteiger partial charge >= 0.3 is 5.97 Å². The maximum Gasteiger partial charge on any atom is 0.335 e. The minimum atomic E-state index is -0.944. The van der Waals surface area contributed by atoms with Crippen LogP contribution in [0, 0.1) is 0 Å². The van der Waals surface area contributed by atoms with E-state index in [1.807, 2.05) is 18.2 Å². The zero-order chi connectivity index (χ0) is 15.2. The first-order chi connectivity index (χ1) is 10.1. The molecule has 110 valence electrons. The second kappa shape index (κ2) is 7.11. The summed E-state index contributed by atoms with van der Waals surface area (Å²) in [6.45, 7) is 0.905. The molecular weight excluding hydrogens is 290 g/mol. The van der Waals surface area contributed by atoms with Gasteiger partial charge in [0.25, 0.3) is 0 Å². The normalized spacial score (nSPS) is 10.4. The van der Waals surface area contributed by atoms with E-state index in [4.69, 9.17) is 27.2 Å². The molecule has 0 amide bonds. The predicted molar refractivity (Wildman–Crippen MR) is 81.9 cm³/mol. The number of carboxylic acids is 1. The monoisotopic (exact) mass is 305 g/mol. The first kappa shape index (κ1) is 15.4. The van der Waals surface area contributed by atoms with E-state index in [1.54, 1.807) is 24.3 Å². The Bertz CT molecular complexity index is 626. The fraction of sp³-hybridized carbons (Fsp3) is 0.188. The van der Waals surface area contributed by atoms with Crippen LogP contribution < -0.4 is 10.5 Å². The first-order valence-corrected chi connectivity index (χ1v) is 6.91. The summed E-state index contributed by atoms with van der Waals surface area (Å²) >= 11 is 6.15. The van der Waals surface area contributed by atoms with Gasteiger partial charge in [-0.2, -0.15) is 0 Å². The Balaban J connectivity index is 2.00. The molecule has 0 saturated carbocycles. The van der Waals surface area contributed by atoms with Gasteiger partial charge in [-0.1, -0.05) is 29.8 Å². The molecule has 0 saturated heterocycles. The number of aromatic carboxylic acids is 1. The summed E-state index contributed by atoms with van der Waals surface area (Å²) in [5.74, 6) is -0.347. The lowest BCUT2D eigenvalue weighted by Gasteiger charge is -2.09. The first-order valence-electron chi connectivity index (χ1n) is 6.53. The van der Waals surface area contributed by atoms with Crippen LogP contribution in [-0.4, -0.2) is 17.6 Å². The topological polar surface area (TPSA) is 72.5 Å². The number of hydrogen-bond donors (Lipinski definition) is 2. The van der Waals surface area contributed by atoms with Gasteiger partial charge in [0, 0.05) is 0 Å². The van der Waals surface area contributed by atoms with E-state index in [2.05, 4.69) is 0 Å². The third-order valence-electron chi connectivity index (χ3n) is 3.02. The molecule has 2 aromatic carbocycles. The minimum Gasteiger partial charge on any atom is -0.487 e. The van der Waals surface area contributed by atoms with Crippen LogP contribution in [0.25, 0.3) is 0 Å². The molecule has 0 unspecified atom stereocenters. The molecule has 2 aromatic rings. The molecule has 0 aliphatic carbocycles. The van der Waals surface area contributed by atoms with E-state index in [-0.39, 0.29) is 5.56 Å². The molecule has 0 spiro atoms. The lowest BCUT2D eigenvalue weighted by molar-refractivity contribution is 0.0697. The third kappa shape index (κ3) is 4.21. The zero-order valence-corrected chi connectivity index (χ0v) is 12.1. The molecule has 0 aliphatic rings. The smallest absolute Gasteiger partial charge is 0.335 e. The average Bonchev–Trinajstić information content (AvgIpc) is 2.47. The van der Waals surface area contributed by atoms with Crippen LogP contribution in [0.4, 0.5) is 0 Å². The Morgan fingerprint density at radius 3 is 2.38 bits per heavy atom. The fourth-order valence-corrected chi connectivity index (χ4v) is 2.15. The van der Waals surface area contributed by atoms with Crippen molar-refractivity contribution in [1.82, 2.24) is 0 Å². The van der Waals surface area contributed by atoms with E-state index in [9.17, 15) is 4.79 Å². The van der Waals surface area contributed by atoms with Crippen molar-refractivity contribution in [3.8, 4) is 5.75 Å². The van der Waals surface area contributed by atoms with Gasteiger partial charge in [0.05, 0.1) is 10.6 Å². The molecule has 0 aromatic heterocycles. The van der Waals surface area contributed by atoms with Crippen LogP contribution in [0.3, 0.4) is 0 Å². The highest BCUT2D eigenvalue weighted by atomic mass is 35.5. The molecule has 0 atom stereocenters. The lowest BCUT2D eigenvalue weighted by Crippen LogP contribution is -2.03. The van der Waals surface area contributed by atoms with Crippen molar-refractivity contribution in [1.29, 1.82) is 0 Å². The lowest BCUT2D eigenvalue weighted by atomic mass is 10.1. The summed E-state index contributed by atoms with van der Waals surface area (Å²) in [6, 6.07) is 12.1. The molecule has 0 bridgehead atoms. The van der Waals surface area contributed by atoms with Gasteiger partial charge in [0.2, 0.25) is 0 Å². The SMILES string of the molecule is NCCc1ccc(OCc2ccc(C(=O)O)cc2)c(Cl)c1. The van der Waals surface area contributed by atoms with Crippen LogP contribution in [0.5, 0.6) is 5.75 Å². The quantitative estimate of drug-likeness (QED) is 0.860. The molecule has 5 heteroatoms. The van der Waals surface area contributed by atoms with Crippen molar-refractivity contribution in [2.75, 3.05) is 6.54 Å². The molecule has 0 heterocycles. The number of hydrogen-bond acceptors (Lipinski definition) is 3. The highest BCUT2D eigenvalue weighted by Crippen LogP contribution is 2.26. The van der Waals surface area contributed by atoms with Crippen molar-refractivity contribution in [3.63, 3.8) is 0 Å². The van der Waals surface area contributed by atoms with Gasteiger partial charge in [0.15, 0.2) is 0 Å². The van der Waals surface area contributed by atoms with Gasteiger partial charge < -0.3 is 15.6 Å². The maximum atomic E-state index is 10.8. The number of ether oxygens (including phenoxy) is 1. The molecule has 0 fully saturated rings. The van der Waals surface area contributed by atoms with Crippen LogP contribution >= 0.6 is 11.6 Å². The Morgan fingerprint density at radius 1 is 1.14 bits per heavy atom. The molecule has 21 heavy (non-hydrogen) atoms. The molecule has 0 aliphatic heterocycles. The summed E-state index contributed by atoms with van der Waals surface area (Å²) in [4.78, 5) is 10.8. The van der Waals surface area contributed by atoms with Crippen LogP contribution in [0.2, 0.25) is 5.02 Å². The summed E-state index contributed by atoms with van der Waals surface area (Å²) < 4.78 is 5.65. The van der Waals surface area contributed by atoms with Gasteiger partial charge in [-0.15, -0.1) is 0 Å². The maximum absolute atomic E-state index is 10.8. The van der Waals surface area contributed by atoms with Crippen molar-refractivity contribution in [2.45, 2.75) is 13.0 Å². The summed E-state index contributed by atoms with van der Waals surface area (Å²) in [6.07, 6.45) is 0.774. The molecule has 0 radical (unpaired) electrons. The predicted octanol–water partition coefficient (Wildman–Crippen LogP) is 3.12. The van der Waals surface area contributed by atoms with Gasteiger partial charge in [-0.25, -0.2) is 4.79 Å². The van der Waals surface area contributed by atoms with E-state index < -0.39 is 5.97 Å². The molecular formula is C16H16ClNO3. The Labute approximate surface area is 128 Å². The van der Waals surface area contributed by atoms with Crippen molar-refractivity contribution < 1.29 is 14.6 Å². The Hall–Kier alpha value is -2.04. The number of carboxylic acid groups (broad SMARTS) is 1. The van der Waals surface area contributed by atoms with E-state index in [0.29, 0.717) is 23.9 Å². The van der Waals surface area contributed by atoms with Crippen molar-refractivity contribution in [3.05, 3.63) is 64.2 Å².